The second-order valence-electron chi connectivity index (χ2n) is 19.1. The van der Waals surface area contributed by atoms with Crippen molar-refractivity contribution < 1.29 is 38.7 Å². The fourth-order valence-electron chi connectivity index (χ4n) is 9.09. The Morgan fingerprint density at radius 1 is 0.500 bits per heavy atom. The highest BCUT2D eigenvalue weighted by Crippen LogP contribution is 2.38. The van der Waals surface area contributed by atoms with Crippen molar-refractivity contribution in [1.29, 1.82) is 0 Å². The summed E-state index contributed by atoms with van der Waals surface area (Å²) in [5, 5.41) is 27.4. The lowest BCUT2D eigenvalue weighted by atomic mass is 9.92. The van der Waals surface area contributed by atoms with Crippen LogP contribution in [0, 0.1) is 13.8 Å². The molecule has 6 aromatic carbocycles. The van der Waals surface area contributed by atoms with E-state index in [4.69, 9.17) is 42.1 Å². The zero-order chi connectivity index (χ0) is 56.4. The monoisotopic (exact) mass is 1110 g/mol. The van der Waals surface area contributed by atoms with Crippen LogP contribution in [0.5, 0.6) is 23.0 Å². The third-order valence-corrected chi connectivity index (χ3v) is 14.0. The molecule has 0 aliphatic rings. The highest BCUT2D eigenvalue weighted by molar-refractivity contribution is 6.32. The van der Waals surface area contributed by atoms with Crippen molar-refractivity contribution in [2.45, 2.75) is 78.3 Å². The average Bonchev–Trinajstić information content (AvgIpc) is 3.47. The van der Waals surface area contributed by atoms with Crippen LogP contribution < -0.4 is 29.6 Å². The maximum atomic E-state index is 12.4. The molecule has 410 valence electrons. The molecular formula is C64H62Cl2N6O8. The van der Waals surface area contributed by atoms with E-state index in [1.807, 2.05) is 97.1 Å². The van der Waals surface area contributed by atoms with Crippen molar-refractivity contribution in [2.24, 2.45) is 9.98 Å². The summed E-state index contributed by atoms with van der Waals surface area (Å²) in [5.74, 6) is -0.218. The molecule has 80 heavy (non-hydrogen) atoms. The molecule has 0 aliphatic carbocycles. The maximum absolute atomic E-state index is 12.4. The third kappa shape index (κ3) is 15.9. The van der Waals surface area contributed by atoms with E-state index >= 15 is 0 Å². The fraction of sp³-hybridized carbons (Fsp3) is 0.219. The molecular weight excluding hydrogens is 1050 g/mol. The molecule has 0 saturated carbocycles. The smallest absolute Gasteiger partial charge is 0.321 e. The van der Waals surface area contributed by atoms with Gasteiger partial charge in [0.2, 0.25) is 0 Å². The summed E-state index contributed by atoms with van der Waals surface area (Å²) in [4.78, 5) is 41.7. The second kappa shape index (κ2) is 28.5. The number of hydrogen-bond acceptors (Lipinski definition) is 12. The number of aromatic nitrogens is 2. The van der Waals surface area contributed by atoms with Crippen molar-refractivity contribution in [3.8, 4) is 34.1 Å². The number of aliphatic carboxylic acids is 2. The van der Waals surface area contributed by atoms with Crippen molar-refractivity contribution >= 4 is 47.6 Å². The molecule has 16 heteroatoms. The number of halogens is 2. The lowest BCUT2D eigenvalue weighted by Crippen LogP contribution is -2.38. The number of pyridine rings is 2. The van der Waals surface area contributed by atoms with Gasteiger partial charge in [0, 0.05) is 110 Å². The zero-order valence-corrected chi connectivity index (χ0v) is 46.4. The van der Waals surface area contributed by atoms with E-state index in [1.165, 1.54) is 0 Å². The summed E-state index contributed by atoms with van der Waals surface area (Å²) in [7, 11) is 3.39. The standard InChI is InChI=1S/C64H62Cl2N6O8/c1-41-49(39-79-61-27-59(77-37-47-21-45(29-67-3)31-69-33-47)51(25-55(61)65)35-71-57(63(73)74)23-43-13-7-5-8-14-43)17-11-19-53(41)54-20-12-18-50(42(54)2)40-80-62-28-60(78-38-48-22-46(30-68-4)32-70-34-48)52(26-56(62)66)36-72-58(64(75)76)24-44-15-9-6-10-16-44/h5-22,25-34,57-58,71-72H,23-24,35-40H2,1-4H3,(H,73,74)(H,75,76). The van der Waals surface area contributed by atoms with Gasteiger partial charge in [0.05, 0.1) is 10.0 Å². The molecule has 0 spiro atoms. The molecule has 2 aromatic heterocycles. The molecule has 0 amide bonds. The number of nitrogens with one attached hydrogen (secondary N) is 2. The van der Waals surface area contributed by atoms with Crippen LogP contribution in [0.1, 0.15) is 66.8 Å². The quantitative estimate of drug-likeness (QED) is 0.0358. The molecule has 0 saturated heterocycles. The highest BCUT2D eigenvalue weighted by atomic mass is 35.5. The first-order valence-electron chi connectivity index (χ1n) is 25.9. The number of carboxylic acid groups (broad SMARTS) is 2. The number of hydrogen-bond donors (Lipinski definition) is 4. The first kappa shape index (κ1) is 57.8. The number of carbonyl (C=O) groups is 2. The van der Waals surface area contributed by atoms with E-state index in [2.05, 4.69) is 56.6 Å². The van der Waals surface area contributed by atoms with Gasteiger partial charge in [-0.05, 0) is 95.5 Å². The van der Waals surface area contributed by atoms with E-state index in [0.29, 0.717) is 44.2 Å². The Balaban J connectivity index is 0.996. The van der Waals surface area contributed by atoms with Crippen LogP contribution in [0.25, 0.3) is 11.1 Å². The van der Waals surface area contributed by atoms with E-state index < -0.39 is 24.0 Å². The normalized spacial score (nSPS) is 12.1. The Hall–Kier alpha value is -8.40. The topological polar surface area (TPSA) is 186 Å². The summed E-state index contributed by atoms with van der Waals surface area (Å²) in [6.45, 7) is 5.15. The Bertz CT molecular complexity index is 3240. The Morgan fingerprint density at radius 2 is 0.900 bits per heavy atom. The predicted octanol–water partition coefficient (Wildman–Crippen LogP) is 12.1. The summed E-state index contributed by atoms with van der Waals surface area (Å²) in [6, 6.07) is 40.2. The number of aliphatic imine (C=N–C) groups is 2. The van der Waals surface area contributed by atoms with Crippen molar-refractivity contribution in [1.82, 2.24) is 20.6 Å². The Morgan fingerprint density at radius 3 is 1.29 bits per heavy atom. The van der Waals surface area contributed by atoms with Crippen molar-refractivity contribution in [3.63, 3.8) is 0 Å². The number of ether oxygens (including phenoxy) is 4. The van der Waals surface area contributed by atoms with E-state index in [-0.39, 0.29) is 52.4 Å². The van der Waals surface area contributed by atoms with Crippen LogP contribution in [0.2, 0.25) is 10.0 Å². The van der Waals surface area contributed by atoms with Crippen molar-refractivity contribution in [2.75, 3.05) is 14.1 Å². The summed E-state index contributed by atoms with van der Waals surface area (Å²) in [6.07, 6.45) is 10.9. The van der Waals surface area contributed by atoms with E-state index in [9.17, 15) is 19.8 Å². The minimum atomic E-state index is -0.975. The van der Waals surface area contributed by atoms with Gasteiger partial charge in [-0.25, -0.2) is 0 Å². The van der Waals surface area contributed by atoms with Gasteiger partial charge in [-0.15, -0.1) is 0 Å². The number of nitrogens with zero attached hydrogens (tertiary/aromatic N) is 4. The van der Waals surface area contributed by atoms with Gasteiger partial charge in [0.25, 0.3) is 0 Å². The van der Waals surface area contributed by atoms with Crippen molar-refractivity contribution in [3.05, 3.63) is 235 Å². The third-order valence-electron chi connectivity index (χ3n) is 13.4. The SMILES string of the molecule is CN=Cc1cncc(COc2cc(OCc3cccc(-c4cccc(COc5cc(OCc6cncc(C=NC)c6)c(CNC(Cc6ccccc6)C(=O)O)cc5Cl)c4C)c3C)c(Cl)cc2CNC(Cc2ccccc2)C(=O)O)c1. The molecule has 8 rings (SSSR count). The van der Waals surface area contributed by atoms with Crippen LogP contribution in [-0.4, -0.2) is 70.7 Å². The number of benzene rings is 6. The first-order chi connectivity index (χ1) is 38.8. The largest absolute Gasteiger partial charge is 0.488 e. The second-order valence-corrected chi connectivity index (χ2v) is 19.9. The van der Waals surface area contributed by atoms with Crippen LogP contribution in [0.4, 0.5) is 0 Å². The summed E-state index contributed by atoms with van der Waals surface area (Å²) >= 11 is 13.9. The molecule has 2 atom stereocenters. The van der Waals surface area contributed by atoms with Gasteiger partial charge in [0.1, 0.15) is 61.5 Å². The van der Waals surface area contributed by atoms with Crippen LogP contribution >= 0.6 is 23.2 Å². The molecule has 2 unspecified atom stereocenters. The van der Waals surface area contributed by atoms with E-state index in [0.717, 1.165) is 66.8 Å². The zero-order valence-electron chi connectivity index (χ0n) is 44.9. The minimum Gasteiger partial charge on any atom is -0.488 e. The molecule has 0 aliphatic heterocycles. The molecule has 0 bridgehead atoms. The van der Waals surface area contributed by atoms with Gasteiger partial charge < -0.3 is 29.2 Å². The van der Waals surface area contributed by atoms with Crippen LogP contribution in [0.15, 0.2) is 168 Å². The Labute approximate surface area is 476 Å². The van der Waals surface area contributed by atoms with Gasteiger partial charge >= 0.3 is 11.9 Å². The Kier molecular flexibility index (Phi) is 20.6. The minimum absolute atomic E-state index is 0.160. The molecule has 14 nitrogen and oxygen atoms in total. The molecule has 2 heterocycles. The van der Waals surface area contributed by atoms with E-state index in [1.54, 1.807) is 75.6 Å². The number of carboxylic acids is 2. The lowest BCUT2D eigenvalue weighted by Gasteiger charge is -2.20. The fourth-order valence-corrected chi connectivity index (χ4v) is 9.57. The lowest BCUT2D eigenvalue weighted by molar-refractivity contribution is -0.140. The molecule has 0 fully saturated rings. The summed E-state index contributed by atoms with van der Waals surface area (Å²) < 4.78 is 25.8. The molecule has 0 radical (unpaired) electrons. The predicted molar refractivity (Wildman–Crippen MR) is 314 cm³/mol. The van der Waals surface area contributed by atoms with Gasteiger partial charge in [0.15, 0.2) is 0 Å². The maximum Gasteiger partial charge on any atom is 0.321 e. The first-order valence-corrected chi connectivity index (χ1v) is 26.7. The van der Waals surface area contributed by atoms with Crippen LogP contribution in [0.3, 0.4) is 0 Å². The summed E-state index contributed by atoms with van der Waals surface area (Å²) in [5.41, 5.74) is 12.3. The van der Waals surface area contributed by atoms with Gasteiger partial charge in [-0.2, -0.15) is 0 Å². The van der Waals surface area contributed by atoms with Gasteiger partial charge in [-0.3, -0.25) is 40.2 Å². The number of rotatable bonds is 27. The van der Waals surface area contributed by atoms with Gasteiger partial charge in [-0.1, -0.05) is 120 Å². The highest BCUT2D eigenvalue weighted by Gasteiger charge is 2.22. The molecule has 4 N–H and O–H groups in total. The molecule has 8 aromatic rings. The van der Waals surface area contributed by atoms with Crippen LogP contribution in [-0.2, 0) is 61.9 Å². The average molecular weight is 1110 g/mol.